The second-order valence-corrected chi connectivity index (χ2v) is 8.46. The van der Waals surface area contributed by atoms with Gasteiger partial charge in [0.15, 0.2) is 5.75 Å². The molecule has 1 rings (SSSR count). The van der Waals surface area contributed by atoms with E-state index in [1.165, 1.54) is 63.9 Å². The van der Waals surface area contributed by atoms with E-state index in [2.05, 4.69) is 19.1 Å². The zero-order chi connectivity index (χ0) is 21.9. The van der Waals surface area contributed by atoms with Crippen LogP contribution in [0.3, 0.4) is 0 Å². The number of hydrogen-bond donors (Lipinski definition) is 1. The maximum absolute atomic E-state index is 11.9. The van der Waals surface area contributed by atoms with Gasteiger partial charge in [-0.15, -0.1) is 0 Å². The van der Waals surface area contributed by atoms with Gasteiger partial charge in [0.2, 0.25) is 5.12 Å². The molecule has 0 aromatic heterocycles. The van der Waals surface area contributed by atoms with Crippen molar-refractivity contribution in [1.29, 1.82) is 0 Å². The van der Waals surface area contributed by atoms with Gasteiger partial charge in [0.1, 0.15) is 17.6 Å². The lowest BCUT2D eigenvalue weighted by Crippen LogP contribution is -2.01. The summed E-state index contributed by atoms with van der Waals surface area (Å²) in [6.07, 6.45) is 21.0. The zero-order valence-corrected chi connectivity index (χ0v) is 19.3. The number of carboxylic acid groups (broad SMARTS) is 1. The van der Waals surface area contributed by atoms with Crippen molar-refractivity contribution in [3.05, 3.63) is 42.0 Å². The van der Waals surface area contributed by atoms with E-state index in [9.17, 15) is 9.59 Å². The Balaban J connectivity index is 1.95. The van der Waals surface area contributed by atoms with E-state index in [4.69, 9.17) is 9.29 Å². The number of carboxylic acids is 1. The molecule has 0 heterocycles. The minimum atomic E-state index is -1.06. The molecule has 0 fully saturated rings. The minimum absolute atomic E-state index is 0.0622. The van der Waals surface area contributed by atoms with Crippen molar-refractivity contribution in [2.75, 3.05) is 0 Å². The molecule has 0 bridgehead atoms. The van der Waals surface area contributed by atoms with Crippen molar-refractivity contribution in [2.24, 2.45) is 0 Å². The molecule has 1 N–H and O–H groups in total. The largest absolute Gasteiger partial charge is 0.478 e. The number of rotatable bonds is 18. The van der Waals surface area contributed by atoms with E-state index in [1.807, 2.05) is 0 Å². The van der Waals surface area contributed by atoms with Gasteiger partial charge in [0, 0.05) is 6.42 Å². The Kier molecular flexibility index (Phi) is 15.8. The fourth-order valence-electron chi connectivity index (χ4n) is 3.19. The van der Waals surface area contributed by atoms with Crippen molar-refractivity contribution < 1.29 is 18.9 Å². The molecule has 30 heavy (non-hydrogen) atoms. The highest BCUT2D eigenvalue weighted by molar-refractivity contribution is 8.09. The Morgan fingerprint density at radius 2 is 1.43 bits per heavy atom. The van der Waals surface area contributed by atoms with E-state index in [0.29, 0.717) is 6.42 Å². The molecule has 0 saturated heterocycles. The van der Waals surface area contributed by atoms with Crippen LogP contribution >= 0.6 is 12.0 Å². The fraction of sp³-hybridized carbons (Fsp3) is 0.600. The van der Waals surface area contributed by atoms with Gasteiger partial charge in [-0.2, -0.15) is 0 Å². The second-order valence-electron chi connectivity index (χ2n) is 7.67. The monoisotopic (exact) mass is 434 g/mol. The molecule has 0 aliphatic carbocycles. The first-order valence-corrected chi connectivity index (χ1v) is 12.2. The number of aromatic carboxylic acids is 1. The smallest absolute Gasteiger partial charge is 0.339 e. The molecule has 0 saturated carbocycles. The predicted octanol–water partition coefficient (Wildman–Crippen LogP) is 7.98. The summed E-state index contributed by atoms with van der Waals surface area (Å²) in [7, 11) is 0. The molecule has 168 valence electrons. The molecule has 1 aromatic carbocycles. The van der Waals surface area contributed by atoms with Crippen molar-refractivity contribution in [3.63, 3.8) is 0 Å². The van der Waals surface area contributed by atoms with Crippen LogP contribution in [0.5, 0.6) is 5.75 Å². The molecular formula is C25H38O4S. The lowest BCUT2D eigenvalue weighted by atomic mass is 10.1. The fourth-order valence-corrected chi connectivity index (χ4v) is 3.74. The van der Waals surface area contributed by atoms with Crippen molar-refractivity contribution in [2.45, 2.75) is 96.8 Å². The van der Waals surface area contributed by atoms with Crippen molar-refractivity contribution in [3.8, 4) is 5.75 Å². The Morgan fingerprint density at radius 1 is 0.867 bits per heavy atom. The van der Waals surface area contributed by atoms with Crippen LogP contribution < -0.4 is 4.18 Å². The summed E-state index contributed by atoms with van der Waals surface area (Å²) in [5, 5.41) is 9.04. The Morgan fingerprint density at radius 3 is 2.07 bits per heavy atom. The van der Waals surface area contributed by atoms with Crippen molar-refractivity contribution >= 4 is 23.1 Å². The predicted molar refractivity (Wildman–Crippen MR) is 126 cm³/mol. The van der Waals surface area contributed by atoms with Gasteiger partial charge in [-0.25, -0.2) is 4.79 Å². The first-order valence-electron chi connectivity index (χ1n) is 11.5. The summed E-state index contributed by atoms with van der Waals surface area (Å²) in [5.41, 5.74) is 0.0684. The SMILES string of the molecule is CCCCCCCCC=CCCCCCCCC(=O)SOc1ccccc1C(=O)O. The maximum Gasteiger partial charge on any atom is 0.339 e. The summed E-state index contributed by atoms with van der Waals surface area (Å²) in [4.78, 5) is 23.0. The van der Waals surface area contributed by atoms with Gasteiger partial charge < -0.3 is 9.29 Å². The minimum Gasteiger partial charge on any atom is -0.478 e. The molecule has 4 nitrogen and oxygen atoms in total. The topological polar surface area (TPSA) is 63.6 Å². The molecular weight excluding hydrogens is 396 g/mol. The Hall–Kier alpha value is -1.75. The highest BCUT2D eigenvalue weighted by Crippen LogP contribution is 2.23. The quantitative estimate of drug-likeness (QED) is 0.144. The van der Waals surface area contributed by atoms with Gasteiger partial charge in [-0.3, -0.25) is 4.79 Å². The van der Waals surface area contributed by atoms with Crippen LogP contribution in [0.1, 0.15) is 107 Å². The second kappa shape index (κ2) is 18.1. The lowest BCUT2D eigenvalue weighted by Gasteiger charge is -2.06. The zero-order valence-electron chi connectivity index (χ0n) is 18.4. The molecule has 0 aliphatic rings. The standard InChI is InChI=1S/C25H38O4S/c1-2-3-4-5-6-7-8-9-10-11-12-13-14-15-16-21-24(26)30-29-23-20-18-17-19-22(23)25(27)28/h9-10,17-20H,2-8,11-16,21H2,1H3,(H,27,28). The van der Waals surface area contributed by atoms with E-state index in [-0.39, 0.29) is 16.4 Å². The third-order valence-corrected chi connectivity index (χ3v) is 5.64. The highest BCUT2D eigenvalue weighted by Gasteiger charge is 2.12. The summed E-state index contributed by atoms with van der Waals surface area (Å²) in [5.74, 6) is -0.844. The number of allylic oxidation sites excluding steroid dienone is 2. The summed E-state index contributed by atoms with van der Waals surface area (Å²) < 4.78 is 5.31. The van der Waals surface area contributed by atoms with E-state index < -0.39 is 5.97 Å². The Bertz CT molecular complexity index is 627. The van der Waals surface area contributed by atoms with Gasteiger partial charge >= 0.3 is 5.97 Å². The van der Waals surface area contributed by atoms with E-state index in [0.717, 1.165) is 37.7 Å². The van der Waals surface area contributed by atoms with Gasteiger partial charge in [0.25, 0.3) is 0 Å². The Labute approximate surface area is 186 Å². The maximum atomic E-state index is 11.9. The van der Waals surface area contributed by atoms with Crippen LogP contribution in [0.4, 0.5) is 0 Å². The molecule has 0 amide bonds. The summed E-state index contributed by atoms with van der Waals surface area (Å²) in [6.45, 7) is 2.25. The molecule has 0 atom stereocenters. The third-order valence-electron chi connectivity index (χ3n) is 4.98. The molecule has 0 unspecified atom stereocenters. The van der Waals surface area contributed by atoms with E-state index >= 15 is 0 Å². The number of carbonyl (C=O) groups excluding carboxylic acids is 1. The first-order chi connectivity index (χ1) is 14.6. The lowest BCUT2D eigenvalue weighted by molar-refractivity contribution is -0.111. The van der Waals surface area contributed by atoms with Crippen LogP contribution in [-0.4, -0.2) is 16.2 Å². The van der Waals surface area contributed by atoms with Crippen LogP contribution in [0.2, 0.25) is 0 Å². The van der Waals surface area contributed by atoms with Gasteiger partial charge in [0.05, 0.1) is 0 Å². The number of benzene rings is 1. The van der Waals surface area contributed by atoms with Gasteiger partial charge in [-0.1, -0.05) is 82.6 Å². The molecule has 1 aromatic rings. The molecule has 0 radical (unpaired) electrons. The summed E-state index contributed by atoms with van der Waals surface area (Å²) >= 11 is 0.736. The molecule has 0 aliphatic heterocycles. The number of unbranched alkanes of at least 4 members (excludes halogenated alkanes) is 11. The average molecular weight is 435 g/mol. The van der Waals surface area contributed by atoms with Crippen LogP contribution in [-0.2, 0) is 4.79 Å². The van der Waals surface area contributed by atoms with Gasteiger partial charge in [-0.05, 0) is 44.2 Å². The molecule has 5 heteroatoms. The average Bonchev–Trinajstić information content (AvgIpc) is 2.75. The summed E-state index contributed by atoms with van der Waals surface area (Å²) in [6, 6.07) is 6.35. The molecule has 0 spiro atoms. The van der Waals surface area contributed by atoms with Crippen LogP contribution in [0, 0.1) is 0 Å². The number of carbonyl (C=O) groups is 2. The highest BCUT2D eigenvalue weighted by atomic mass is 32.2. The third kappa shape index (κ3) is 13.5. The van der Waals surface area contributed by atoms with Crippen molar-refractivity contribution in [1.82, 2.24) is 0 Å². The first kappa shape index (κ1) is 26.3. The number of hydrogen-bond acceptors (Lipinski definition) is 4. The van der Waals surface area contributed by atoms with Crippen LogP contribution in [0.15, 0.2) is 36.4 Å². The normalized spacial score (nSPS) is 11.1. The number of para-hydroxylation sites is 1. The van der Waals surface area contributed by atoms with Crippen LogP contribution in [0.25, 0.3) is 0 Å². The van der Waals surface area contributed by atoms with E-state index in [1.54, 1.807) is 18.2 Å².